The molecule has 38 heavy (non-hydrogen) atoms. The van der Waals surface area contributed by atoms with E-state index in [-0.39, 0.29) is 24.4 Å². The second kappa shape index (κ2) is 10.8. The molecule has 0 N–H and O–H groups in total. The number of alkyl halides is 6. The Labute approximate surface area is 223 Å². The molecule has 2 aliphatic heterocycles. The number of hydrogen-bond acceptors (Lipinski definition) is 5. The van der Waals surface area contributed by atoms with Crippen molar-refractivity contribution in [1.29, 1.82) is 0 Å². The van der Waals surface area contributed by atoms with E-state index in [0.717, 1.165) is 17.7 Å². The van der Waals surface area contributed by atoms with Gasteiger partial charge in [0.05, 0.1) is 23.4 Å². The average Bonchev–Trinajstić information content (AvgIpc) is 3.13. The summed E-state index contributed by atoms with van der Waals surface area (Å²) in [4.78, 5) is 20.6. The molecule has 0 unspecified atom stereocenters. The third kappa shape index (κ3) is 5.93. The summed E-state index contributed by atoms with van der Waals surface area (Å²) < 4.78 is 91.6. The summed E-state index contributed by atoms with van der Waals surface area (Å²) in [6, 6.07) is 3.00. The van der Waals surface area contributed by atoms with Crippen LogP contribution in [0.2, 0.25) is 0 Å². The molecular formula is C25H24BrF6N3O3. The molecule has 206 valence electrons. The highest BCUT2D eigenvalue weighted by atomic mass is 79.9. The van der Waals surface area contributed by atoms with Crippen molar-refractivity contribution in [2.45, 2.75) is 50.8 Å². The molecule has 13 heteroatoms. The second-order valence-corrected chi connectivity index (χ2v) is 9.86. The fourth-order valence-corrected chi connectivity index (χ4v) is 5.02. The fraction of sp³-hybridized carbons (Fsp3) is 0.440. The van der Waals surface area contributed by atoms with Crippen LogP contribution in [0.4, 0.5) is 37.0 Å². The van der Waals surface area contributed by atoms with Gasteiger partial charge in [-0.15, -0.1) is 0 Å². The average molecular weight is 608 g/mol. The van der Waals surface area contributed by atoms with Crippen LogP contribution in [0.3, 0.4) is 0 Å². The van der Waals surface area contributed by atoms with Crippen molar-refractivity contribution >= 4 is 27.8 Å². The van der Waals surface area contributed by atoms with Crippen LogP contribution in [0.5, 0.6) is 0 Å². The van der Waals surface area contributed by atoms with Crippen molar-refractivity contribution in [3.8, 4) is 0 Å². The molecule has 6 nitrogen and oxygen atoms in total. The summed E-state index contributed by atoms with van der Waals surface area (Å²) in [5.74, 6) is 0.602. The van der Waals surface area contributed by atoms with Gasteiger partial charge in [0.15, 0.2) is 6.10 Å². The van der Waals surface area contributed by atoms with Crippen LogP contribution in [0, 0.1) is 0 Å². The lowest BCUT2D eigenvalue weighted by Gasteiger charge is -2.36. The highest BCUT2D eigenvalue weighted by molar-refractivity contribution is 9.10. The normalized spacial score (nSPS) is 19.2. The van der Waals surface area contributed by atoms with E-state index in [1.54, 1.807) is 12.3 Å². The van der Waals surface area contributed by atoms with E-state index in [1.807, 2.05) is 6.92 Å². The zero-order valence-electron chi connectivity index (χ0n) is 20.2. The van der Waals surface area contributed by atoms with Gasteiger partial charge in [-0.2, -0.15) is 26.3 Å². The number of rotatable bonds is 6. The Bertz CT molecular complexity index is 1180. The van der Waals surface area contributed by atoms with Gasteiger partial charge < -0.3 is 14.4 Å². The lowest BCUT2D eigenvalue weighted by molar-refractivity contribution is -0.143. The number of aromatic nitrogens is 1. The highest BCUT2D eigenvalue weighted by Crippen LogP contribution is 2.42. The summed E-state index contributed by atoms with van der Waals surface area (Å²) in [6.45, 7) is 7.47. The molecule has 1 aromatic heterocycles. The van der Waals surface area contributed by atoms with Gasteiger partial charge in [0.1, 0.15) is 5.82 Å². The number of amides is 1. The van der Waals surface area contributed by atoms with E-state index >= 15 is 0 Å². The molecule has 4 rings (SSSR count). The first-order valence-corrected chi connectivity index (χ1v) is 12.5. The summed E-state index contributed by atoms with van der Waals surface area (Å²) in [5.41, 5.74) is -2.96. The minimum Gasteiger partial charge on any atom is -0.434 e. The van der Waals surface area contributed by atoms with E-state index in [9.17, 15) is 31.1 Å². The van der Waals surface area contributed by atoms with Gasteiger partial charge in [-0.05, 0) is 65.5 Å². The quantitative estimate of drug-likeness (QED) is 0.328. The largest absolute Gasteiger partial charge is 0.434 e. The lowest BCUT2D eigenvalue weighted by atomic mass is 9.99. The van der Waals surface area contributed by atoms with Crippen molar-refractivity contribution in [2.24, 2.45) is 0 Å². The second-order valence-electron chi connectivity index (χ2n) is 8.95. The zero-order chi connectivity index (χ0) is 27.8. The Morgan fingerprint density at radius 1 is 1.08 bits per heavy atom. The van der Waals surface area contributed by atoms with Gasteiger partial charge >= 0.3 is 18.4 Å². The molecule has 3 heterocycles. The lowest BCUT2D eigenvalue weighted by Crippen LogP contribution is -2.40. The van der Waals surface area contributed by atoms with E-state index in [2.05, 4.69) is 32.4 Å². The minimum absolute atomic E-state index is 0.0237. The van der Waals surface area contributed by atoms with Gasteiger partial charge in [0.2, 0.25) is 0 Å². The van der Waals surface area contributed by atoms with Crippen molar-refractivity contribution in [2.75, 3.05) is 24.7 Å². The van der Waals surface area contributed by atoms with Crippen LogP contribution >= 0.6 is 15.9 Å². The number of anilines is 1. The first-order chi connectivity index (χ1) is 17.8. The molecular weight excluding hydrogens is 584 g/mol. The van der Waals surface area contributed by atoms with E-state index in [1.165, 1.54) is 0 Å². The number of hydrogen-bond donors (Lipinski definition) is 0. The summed E-state index contributed by atoms with van der Waals surface area (Å²) >= 11 is 3.37. The number of carbonyl (C=O) groups is 1. The van der Waals surface area contributed by atoms with E-state index in [4.69, 9.17) is 9.47 Å². The Kier molecular flexibility index (Phi) is 7.99. The zero-order valence-corrected chi connectivity index (χ0v) is 21.8. The first kappa shape index (κ1) is 28.2. The van der Waals surface area contributed by atoms with Crippen LogP contribution in [0.15, 0.2) is 47.2 Å². The molecule has 1 amide bonds. The molecule has 2 fully saturated rings. The van der Waals surface area contributed by atoms with Crippen LogP contribution in [0.25, 0.3) is 0 Å². The third-order valence-corrected chi connectivity index (χ3v) is 6.92. The van der Waals surface area contributed by atoms with Gasteiger partial charge in [0.25, 0.3) is 0 Å². The Morgan fingerprint density at radius 3 is 2.24 bits per heavy atom. The molecule has 0 spiro atoms. The first-order valence-electron chi connectivity index (χ1n) is 11.7. The SMILES string of the molecule is C=C1[C@@H](c2cc(C(F)(F)F)cc(C(F)(F)F)c2)OC(=O)N1Cc1cc(Br)cnc1N(CC)C1CCOCC1. The Hall–Kier alpha value is -2.80. The maximum Gasteiger partial charge on any atom is 0.416 e. The van der Waals surface area contributed by atoms with Gasteiger partial charge in [-0.25, -0.2) is 9.78 Å². The standard InChI is InChI=1S/C25H24BrF6N3O3/c1-3-34(20-4-6-37-7-5-20)22-16(10-19(26)12-33-22)13-35-14(2)21(38-23(35)36)15-8-17(24(27,28)29)11-18(9-15)25(30,31)32/h8-12,20-21H,2-7,13H2,1H3/t21-/m0/s1. The number of halogens is 7. The van der Waals surface area contributed by atoms with E-state index < -0.39 is 41.2 Å². The number of nitrogens with zero attached hydrogens (tertiary/aromatic N) is 3. The van der Waals surface area contributed by atoms with Crippen LogP contribution in [-0.4, -0.2) is 41.8 Å². The fourth-order valence-electron chi connectivity index (χ4n) is 4.65. The van der Waals surface area contributed by atoms with Gasteiger partial charge in [0, 0.05) is 42.0 Å². The smallest absolute Gasteiger partial charge is 0.416 e. The molecule has 0 aliphatic carbocycles. The molecule has 0 saturated carbocycles. The van der Waals surface area contributed by atoms with E-state index in [0.29, 0.717) is 47.7 Å². The predicted octanol–water partition coefficient (Wildman–Crippen LogP) is 7.09. The summed E-state index contributed by atoms with van der Waals surface area (Å²) in [7, 11) is 0. The molecule has 1 aromatic carbocycles. The van der Waals surface area contributed by atoms with Gasteiger partial charge in [-0.1, -0.05) is 6.58 Å². The van der Waals surface area contributed by atoms with Gasteiger partial charge in [-0.3, -0.25) is 4.90 Å². The maximum absolute atomic E-state index is 13.4. The number of pyridine rings is 1. The number of carbonyl (C=O) groups excluding carboxylic acids is 1. The summed E-state index contributed by atoms with van der Waals surface area (Å²) in [5, 5.41) is 0. The monoisotopic (exact) mass is 607 g/mol. The minimum atomic E-state index is -5.04. The van der Waals surface area contributed by atoms with Crippen molar-refractivity contribution < 1.29 is 40.6 Å². The molecule has 2 aliphatic rings. The Morgan fingerprint density at radius 2 is 1.68 bits per heavy atom. The van der Waals surface area contributed by atoms with Crippen molar-refractivity contribution in [3.63, 3.8) is 0 Å². The summed E-state index contributed by atoms with van der Waals surface area (Å²) in [6.07, 6.45) is -9.36. The molecule has 2 aromatic rings. The third-order valence-electron chi connectivity index (χ3n) is 6.48. The van der Waals surface area contributed by atoms with Crippen LogP contribution < -0.4 is 4.90 Å². The molecule has 1 atom stereocenters. The number of ether oxygens (including phenoxy) is 2. The Balaban J connectivity index is 1.66. The van der Waals surface area contributed by atoms with Crippen LogP contribution in [0.1, 0.15) is 48.1 Å². The predicted molar refractivity (Wildman–Crippen MR) is 129 cm³/mol. The maximum atomic E-state index is 13.4. The number of cyclic esters (lactones) is 1. The number of benzene rings is 1. The van der Waals surface area contributed by atoms with Crippen molar-refractivity contribution in [1.82, 2.24) is 9.88 Å². The highest BCUT2D eigenvalue weighted by Gasteiger charge is 2.42. The van der Waals surface area contributed by atoms with Crippen molar-refractivity contribution in [3.05, 3.63) is 69.5 Å². The van der Waals surface area contributed by atoms with Crippen LogP contribution in [-0.2, 0) is 28.4 Å². The molecule has 0 bridgehead atoms. The molecule has 0 radical (unpaired) electrons. The topological polar surface area (TPSA) is 54.9 Å². The molecule has 2 saturated heterocycles.